The van der Waals surface area contributed by atoms with Gasteiger partial charge in [-0.3, -0.25) is 9.69 Å². The number of piperazine rings is 1. The standard InChI is InChI=1S/C14H29N3O/c1-11(17-9-7-15-8-10-17)13(18)16(6)12(2)14(3,4)5/h11-12,15H,7-10H2,1-6H3. The third kappa shape index (κ3) is 3.69. The van der Waals surface area contributed by atoms with Gasteiger partial charge in [-0.05, 0) is 19.3 Å². The Bertz CT molecular complexity index is 279. The van der Waals surface area contributed by atoms with Crippen LogP contribution in [-0.2, 0) is 4.79 Å². The van der Waals surface area contributed by atoms with Crippen molar-refractivity contribution in [3.63, 3.8) is 0 Å². The lowest BCUT2D eigenvalue weighted by molar-refractivity contribution is -0.139. The topological polar surface area (TPSA) is 35.6 Å². The summed E-state index contributed by atoms with van der Waals surface area (Å²) in [6.07, 6.45) is 0. The molecule has 2 atom stereocenters. The van der Waals surface area contributed by atoms with Gasteiger partial charge in [-0.1, -0.05) is 20.8 Å². The highest BCUT2D eigenvalue weighted by Crippen LogP contribution is 2.23. The van der Waals surface area contributed by atoms with Crippen molar-refractivity contribution >= 4 is 5.91 Å². The maximum Gasteiger partial charge on any atom is 0.239 e. The van der Waals surface area contributed by atoms with Gasteiger partial charge in [-0.25, -0.2) is 0 Å². The van der Waals surface area contributed by atoms with E-state index in [0.717, 1.165) is 26.2 Å². The molecule has 4 nitrogen and oxygen atoms in total. The molecule has 0 aromatic carbocycles. The second-order valence-electron chi connectivity index (χ2n) is 6.45. The number of nitrogens with one attached hydrogen (secondary N) is 1. The van der Waals surface area contributed by atoms with Crippen LogP contribution in [0.1, 0.15) is 34.6 Å². The molecule has 1 heterocycles. The largest absolute Gasteiger partial charge is 0.341 e. The van der Waals surface area contributed by atoms with E-state index in [-0.39, 0.29) is 23.4 Å². The molecule has 1 rings (SSSR count). The lowest BCUT2D eigenvalue weighted by Crippen LogP contribution is -2.55. The van der Waals surface area contributed by atoms with Crippen LogP contribution in [0, 0.1) is 5.41 Å². The quantitative estimate of drug-likeness (QED) is 0.822. The van der Waals surface area contributed by atoms with E-state index in [1.807, 2.05) is 18.9 Å². The molecular formula is C14H29N3O. The number of hydrogen-bond acceptors (Lipinski definition) is 3. The second-order valence-corrected chi connectivity index (χ2v) is 6.45. The van der Waals surface area contributed by atoms with E-state index in [1.165, 1.54) is 0 Å². The lowest BCUT2D eigenvalue weighted by atomic mass is 9.87. The number of nitrogens with zero attached hydrogens (tertiary/aromatic N) is 2. The molecule has 2 unspecified atom stereocenters. The Kier molecular flexibility index (Phi) is 5.17. The average Bonchev–Trinajstić information content (AvgIpc) is 2.35. The highest BCUT2D eigenvalue weighted by Gasteiger charge is 2.31. The predicted molar refractivity (Wildman–Crippen MR) is 75.6 cm³/mol. The minimum atomic E-state index is -0.0121. The predicted octanol–water partition coefficient (Wildman–Crippen LogP) is 1.17. The normalized spacial score (nSPS) is 21.4. The van der Waals surface area contributed by atoms with Crippen molar-refractivity contribution in [2.75, 3.05) is 33.2 Å². The fourth-order valence-corrected chi connectivity index (χ4v) is 2.29. The van der Waals surface area contributed by atoms with Gasteiger partial charge in [0, 0.05) is 39.3 Å². The molecule has 1 saturated heterocycles. The van der Waals surface area contributed by atoms with E-state index in [4.69, 9.17) is 0 Å². The minimum absolute atomic E-state index is 0.0121. The van der Waals surface area contributed by atoms with E-state index in [0.29, 0.717) is 0 Å². The third-order valence-electron chi connectivity index (χ3n) is 4.24. The molecule has 4 heteroatoms. The maximum atomic E-state index is 12.5. The van der Waals surface area contributed by atoms with Crippen molar-refractivity contribution in [2.24, 2.45) is 5.41 Å². The summed E-state index contributed by atoms with van der Waals surface area (Å²) < 4.78 is 0. The van der Waals surface area contributed by atoms with Crippen LogP contribution >= 0.6 is 0 Å². The fourth-order valence-electron chi connectivity index (χ4n) is 2.29. The molecule has 0 saturated carbocycles. The minimum Gasteiger partial charge on any atom is -0.341 e. The molecule has 18 heavy (non-hydrogen) atoms. The van der Waals surface area contributed by atoms with Gasteiger partial charge in [-0.15, -0.1) is 0 Å². The fraction of sp³-hybridized carbons (Fsp3) is 0.929. The number of hydrogen-bond donors (Lipinski definition) is 1. The van der Waals surface area contributed by atoms with Crippen LogP contribution in [0.4, 0.5) is 0 Å². The monoisotopic (exact) mass is 255 g/mol. The number of carbonyl (C=O) groups is 1. The number of rotatable bonds is 3. The van der Waals surface area contributed by atoms with Gasteiger partial charge in [0.1, 0.15) is 0 Å². The first-order chi connectivity index (χ1) is 8.25. The molecule has 1 aliphatic heterocycles. The highest BCUT2D eigenvalue weighted by atomic mass is 16.2. The summed E-state index contributed by atoms with van der Waals surface area (Å²) in [6.45, 7) is 14.6. The van der Waals surface area contributed by atoms with Gasteiger partial charge < -0.3 is 10.2 Å². The summed E-state index contributed by atoms with van der Waals surface area (Å²) in [6, 6.07) is 0.234. The molecule has 0 bridgehead atoms. The first-order valence-electron chi connectivity index (χ1n) is 6.96. The van der Waals surface area contributed by atoms with Gasteiger partial charge in [0.05, 0.1) is 6.04 Å². The molecule has 0 aromatic heterocycles. The van der Waals surface area contributed by atoms with Crippen LogP contribution in [0.25, 0.3) is 0 Å². The zero-order chi connectivity index (χ0) is 13.9. The van der Waals surface area contributed by atoms with E-state index < -0.39 is 0 Å². The van der Waals surface area contributed by atoms with Crippen LogP contribution in [-0.4, -0.2) is 61.0 Å². The van der Waals surface area contributed by atoms with Gasteiger partial charge >= 0.3 is 0 Å². The molecule has 1 aliphatic rings. The molecule has 1 amide bonds. The molecule has 1 N–H and O–H groups in total. The van der Waals surface area contributed by atoms with Crippen molar-refractivity contribution in [3.8, 4) is 0 Å². The third-order valence-corrected chi connectivity index (χ3v) is 4.24. The Labute approximate surface area is 112 Å². The summed E-state index contributed by atoms with van der Waals surface area (Å²) in [7, 11) is 1.93. The van der Waals surface area contributed by atoms with E-state index >= 15 is 0 Å². The molecule has 0 spiro atoms. The summed E-state index contributed by atoms with van der Waals surface area (Å²) in [5, 5.41) is 3.32. The maximum absolute atomic E-state index is 12.5. The Morgan fingerprint density at radius 3 is 2.17 bits per heavy atom. The zero-order valence-corrected chi connectivity index (χ0v) is 12.8. The van der Waals surface area contributed by atoms with Crippen LogP contribution in [0.5, 0.6) is 0 Å². The first-order valence-corrected chi connectivity index (χ1v) is 6.96. The van der Waals surface area contributed by atoms with Gasteiger partial charge in [0.2, 0.25) is 5.91 Å². The zero-order valence-electron chi connectivity index (χ0n) is 12.8. The molecule has 0 aromatic rings. The molecule has 0 aliphatic carbocycles. The Morgan fingerprint density at radius 1 is 1.22 bits per heavy atom. The molecule has 1 fully saturated rings. The van der Waals surface area contributed by atoms with Gasteiger partial charge in [0.25, 0.3) is 0 Å². The molecular weight excluding hydrogens is 226 g/mol. The Hall–Kier alpha value is -0.610. The summed E-state index contributed by atoms with van der Waals surface area (Å²) in [4.78, 5) is 16.7. The Balaban J connectivity index is 2.62. The summed E-state index contributed by atoms with van der Waals surface area (Å²) >= 11 is 0. The first kappa shape index (κ1) is 15.4. The highest BCUT2D eigenvalue weighted by molar-refractivity contribution is 5.81. The van der Waals surface area contributed by atoms with Crippen LogP contribution in [0.3, 0.4) is 0 Å². The van der Waals surface area contributed by atoms with Crippen LogP contribution in [0.15, 0.2) is 0 Å². The Morgan fingerprint density at radius 2 is 1.72 bits per heavy atom. The van der Waals surface area contributed by atoms with E-state index in [2.05, 4.69) is 37.9 Å². The van der Waals surface area contributed by atoms with Gasteiger partial charge in [0.15, 0.2) is 0 Å². The molecule has 106 valence electrons. The van der Waals surface area contributed by atoms with E-state index in [1.54, 1.807) is 0 Å². The van der Waals surface area contributed by atoms with Crippen molar-refractivity contribution in [3.05, 3.63) is 0 Å². The summed E-state index contributed by atoms with van der Waals surface area (Å²) in [5.41, 5.74) is 0.119. The number of carbonyl (C=O) groups excluding carboxylic acids is 1. The average molecular weight is 255 g/mol. The smallest absolute Gasteiger partial charge is 0.239 e. The van der Waals surface area contributed by atoms with Crippen molar-refractivity contribution < 1.29 is 4.79 Å². The lowest BCUT2D eigenvalue weighted by Gasteiger charge is -2.39. The number of amides is 1. The van der Waals surface area contributed by atoms with Crippen molar-refractivity contribution in [1.29, 1.82) is 0 Å². The number of likely N-dealkylation sites (N-methyl/N-ethyl adjacent to an activating group) is 1. The van der Waals surface area contributed by atoms with Gasteiger partial charge in [-0.2, -0.15) is 0 Å². The van der Waals surface area contributed by atoms with Crippen LogP contribution in [0.2, 0.25) is 0 Å². The van der Waals surface area contributed by atoms with Crippen LogP contribution < -0.4 is 5.32 Å². The molecule has 0 radical (unpaired) electrons. The summed E-state index contributed by atoms with van der Waals surface area (Å²) in [5.74, 6) is 0.235. The van der Waals surface area contributed by atoms with Crippen molar-refractivity contribution in [2.45, 2.75) is 46.7 Å². The second kappa shape index (κ2) is 6.02. The van der Waals surface area contributed by atoms with E-state index in [9.17, 15) is 4.79 Å². The van der Waals surface area contributed by atoms with Crippen molar-refractivity contribution in [1.82, 2.24) is 15.1 Å². The SMILES string of the molecule is CC(C(=O)N(C)C(C)C(C)(C)C)N1CCNCC1.